The van der Waals surface area contributed by atoms with Crippen molar-refractivity contribution in [3.05, 3.63) is 60.2 Å². The first kappa shape index (κ1) is 23.2. The molecule has 1 saturated heterocycles. The monoisotopic (exact) mass is 484 g/mol. The molecule has 1 atom stereocenters. The lowest BCUT2D eigenvalue weighted by Gasteiger charge is -2.23. The number of nitrogens with one attached hydrogen (secondary N) is 3. The van der Waals surface area contributed by atoms with Crippen LogP contribution in [0.5, 0.6) is 5.75 Å². The van der Waals surface area contributed by atoms with E-state index >= 15 is 0 Å². The highest BCUT2D eigenvalue weighted by Gasteiger charge is 2.27. The number of halogens is 1. The van der Waals surface area contributed by atoms with E-state index in [9.17, 15) is 18.8 Å². The average Bonchev–Trinajstić information content (AvgIpc) is 3.20. The average molecular weight is 485 g/mol. The van der Waals surface area contributed by atoms with Gasteiger partial charge in [0.25, 0.3) is 0 Å². The van der Waals surface area contributed by atoms with Gasteiger partial charge in [0, 0.05) is 36.3 Å². The Morgan fingerprint density at radius 3 is 2.76 bits per heavy atom. The zero-order valence-electron chi connectivity index (χ0n) is 18.1. The highest BCUT2D eigenvalue weighted by molar-refractivity contribution is 7.99. The fourth-order valence-corrected chi connectivity index (χ4v) is 4.19. The summed E-state index contributed by atoms with van der Waals surface area (Å²) in [5.41, 5.74) is 1.18. The smallest absolute Gasteiger partial charge is 0.321 e. The van der Waals surface area contributed by atoms with Crippen LogP contribution >= 0.6 is 11.8 Å². The van der Waals surface area contributed by atoms with E-state index in [1.165, 1.54) is 12.1 Å². The topological polar surface area (TPSA) is 127 Å². The van der Waals surface area contributed by atoms with E-state index in [1.807, 2.05) is 0 Å². The minimum Gasteiger partial charge on any atom is -0.497 e. The van der Waals surface area contributed by atoms with Crippen molar-refractivity contribution in [3.63, 3.8) is 0 Å². The number of anilines is 1. The molecule has 1 aromatic heterocycles. The standard InChI is InChI=1S/C22H21FN6O4S/c1-33-17-4-2-3-14(9-17)24-20(31)12-34-22-28-27-18(10-15-11-19(30)26-21(32)25-15)29(22)16-7-5-13(23)6-8-16/h2-9,15H,10-12H2,1H3,(H,24,31)(H2,25,26,30,32). The number of thioether (sulfide) groups is 1. The van der Waals surface area contributed by atoms with Gasteiger partial charge in [-0.1, -0.05) is 17.8 Å². The summed E-state index contributed by atoms with van der Waals surface area (Å²) >= 11 is 1.15. The Hall–Kier alpha value is -3.93. The van der Waals surface area contributed by atoms with Crippen molar-refractivity contribution in [2.24, 2.45) is 0 Å². The molecule has 34 heavy (non-hydrogen) atoms. The van der Waals surface area contributed by atoms with Crippen LogP contribution in [-0.4, -0.2) is 51.5 Å². The molecule has 4 amide bonds. The van der Waals surface area contributed by atoms with Gasteiger partial charge in [-0.25, -0.2) is 9.18 Å². The molecule has 4 rings (SSSR count). The molecule has 0 aliphatic carbocycles. The van der Waals surface area contributed by atoms with E-state index in [0.29, 0.717) is 28.1 Å². The van der Waals surface area contributed by atoms with Gasteiger partial charge in [0.2, 0.25) is 11.8 Å². The van der Waals surface area contributed by atoms with Gasteiger partial charge < -0.3 is 15.4 Å². The second-order valence-electron chi connectivity index (χ2n) is 7.41. The van der Waals surface area contributed by atoms with Gasteiger partial charge in [-0.15, -0.1) is 10.2 Å². The molecule has 0 spiro atoms. The van der Waals surface area contributed by atoms with E-state index < -0.39 is 17.9 Å². The maximum Gasteiger partial charge on any atom is 0.321 e. The molecule has 0 radical (unpaired) electrons. The summed E-state index contributed by atoms with van der Waals surface area (Å²) in [6.07, 6.45) is 0.313. The number of rotatable bonds is 8. The molecule has 10 nitrogen and oxygen atoms in total. The number of amides is 4. The third-order valence-corrected chi connectivity index (χ3v) is 5.85. The van der Waals surface area contributed by atoms with Gasteiger partial charge in [0.1, 0.15) is 17.4 Å². The highest BCUT2D eigenvalue weighted by Crippen LogP contribution is 2.24. The minimum absolute atomic E-state index is 0.0408. The van der Waals surface area contributed by atoms with E-state index in [-0.39, 0.29) is 30.4 Å². The molecule has 3 aromatic rings. The van der Waals surface area contributed by atoms with Gasteiger partial charge >= 0.3 is 6.03 Å². The van der Waals surface area contributed by atoms with E-state index in [1.54, 1.807) is 48.1 Å². The number of hydrogen-bond acceptors (Lipinski definition) is 7. The predicted octanol–water partition coefficient (Wildman–Crippen LogP) is 2.29. The number of urea groups is 1. The van der Waals surface area contributed by atoms with Crippen molar-refractivity contribution < 1.29 is 23.5 Å². The Labute approximate surface area is 198 Å². The number of nitrogens with zero attached hydrogens (tertiary/aromatic N) is 3. The number of benzene rings is 2. The summed E-state index contributed by atoms with van der Waals surface area (Å²) in [5.74, 6) is 0.0764. The Morgan fingerprint density at radius 2 is 2.03 bits per heavy atom. The van der Waals surface area contributed by atoms with E-state index in [4.69, 9.17) is 4.74 Å². The molecule has 0 saturated carbocycles. The molecule has 2 heterocycles. The number of imide groups is 1. The Kier molecular flexibility index (Phi) is 7.07. The van der Waals surface area contributed by atoms with Gasteiger partial charge in [-0.05, 0) is 36.4 Å². The molecular formula is C22H21FN6O4S. The van der Waals surface area contributed by atoms with Crippen LogP contribution in [0.15, 0.2) is 53.7 Å². The lowest BCUT2D eigenvalue weighted by Crippen LogP contribution is -2.53. The van der Waals surface area contributed by atoms with Crippen molar-refractivity contribution in [2.45, 2.75) is 24.0 Å². The Bertz CT molecular complexity index is 1200. The Morgan fingerprint density at radius 1 is 1.24 bits per heavy atom. The normalized spacial score (nSPS) is 15.4. The summed E-state index contributed by atoms with van der Waals surface area (Å²) in [4.78, 5) is 35.9. The summed E-state index contributed by atoms with van der Waals surface area (Å²) in [6.45, 7) is 0. The van der Waals surface area contributed by atoms with Crippen LogP contribution in [0.25, 0.3) is 5.69 Å². The van der Waals surface area contributed by atoms with Crippen molar-refractivity contribution in [2.75, 3.05) is 18.2 Å². The number of hydrogen-bond donors (Lipinski definition) is 3. The number of ether oxygens (including phenoxy) is 1. The molecule has 1 aliphatic heterocycles. The first-order chi connectivity index (χ1) is 16.4. The second-order valence-corrected chi connectivity index (χ2v) is 8.35. The maximum absolute atomic E-state index is 13.5. The van der Waals surface area contributed by atoms with Gasteiger partial charge in [0.05, 0.1) is 12.9 Å². The zero-order valence-corrected chi connectivity index (χ0v) is 18.9. The third kappa shape index (κ3) is 5.70. The third-order valence-electron chi connectivity index (χ3n) is 4.92. The van der Waals surface area contributed by atoms with Crippen LogP contribution in [0.3, 0.4) is 0 Å². The predicted molar refractivity (Wildman–Crippen MR) is 122 cm³/mol. The summed E-state index contributed by atoms with van der Waals surface area (Å²) in [5, 5.41) is 16.5. The number of carbonyl (C=O) groups is 3. The molecule has 176 valence electrons. The first-order valence-corrected chi connectivity index (χ1v) is 11.3. The van der Waals surface area contributed by atoms with Crippen LogP contribution < -0.4 is 20.7 Å². The van der Waals surface area contributed by atoms with Crippen LogP contribution in [-0.2, 0) is 16.0 Å². The number of carbonyl (C=O) groups excluding carboxylic acids is 3. The molecule has 1 fully saturated rings. The van der Waals surface area contributed by atoms with Crippen molar-refractivity contribution >= 4 is 35.3 Å². The fourth-order valence-electron chi connectivity index (χ4n) is 3.42. The van der Waals surface area contributed by atoms with Crippen LogP contribution in [0.1, 0.15) is 12.2 Å². The summed E-state index contributed by atoms with van der Waals surface area (Å²) in [6, 6.07) is 11.7. The molecule has 3 N–H and O–H groups in total. The molecule has 2 aromatic carbocycles. The molecule has 1 aliphatic rings. The van der Waals surface area contributed by atoms with E-state index in [2.05, 4.69) is 26.1 Å². The van der Waals surface area contributed by atoms with Gasteiger partial charge in [-0.2, -0.15) is 0 Å². The molecule has 0 bridgehead atoms. The van der Waals surface area contributed by atoms with Crippen LogP contribution in [0.4, 0.5) is 14.9 Å². The van der Waals surface area contributed by atoms with Crippen LogP contribution in [0.2, 0.25) is 0 Å². The largest absolute Gasteiger partial charge is 0.497 e. The maximum atomic E-state index is 13.5. The first-order valence-electron chi connectivity index (χ1n) is 10.3. The number of aromatic nitrogens is 3. The lowest BCUT2D eigenvalue weighted by atomic mass is 10.1. The van der Waals surface area contributed by atoms with E-state index in [0.717, 1.165) is 11.8 Å². The lowest BCUT2D eigenvalue weighted by molar-refractivity contribution is -0.121. The summed E-state index contributed by atoms with van der Waals surface area (Å²) in [7, 11) is 1.54. The summed E-state index contributed by atoms with van der Waals surface area (Å²) < 4.78 is 20.3. The van der Waals surface area contributed by atoms with Gasteiger partial charge in [0.15, 0.2) is 5.16 Å². The molecular weight excluding hydrogens is 463 g/mol. The second kappa shape index (κ2) is 10.3. The zero-order chi connectivity index (χ0) is 24.1. The van der Waals surface area contributed by atoms with Gasteiger partial charge in [-0.3, -0.25) is 19.5 Å². The Balaban J connectivity index is 1.52. The van der Waals surface area contributed by atoms with Crippen molar-refractivity contribution in [3.8, 4) is 11.4 Å². The quantitative estimate of drug-likeness (QED) is 0.419. The van der Waals surface area contributed by atoms with Crippen molar-refractivity contribution in [1.82, 2.24) is 25.4 Å². The molecule has 12 heteroatoms. The molecule has 1 unspecified atom stereocenters. The highest BCUT2D eigenvalue weighted by atomic mass is 32.2. The van der Waals surface area contributed by atoms with Crippen molar-refractivity contribution in [1.29, 1.82) is 0 Å². The fraction of sp³-hybridized carbons (Fsp3) is 0.227. The SMILES string of the molecule is COc1cccc(NC(=O)CSc2nnc(CC3CC(=O)NC(=O)N3)n2-c2ccc(F)cc2)c1. The number of methoxy groups -OCH3 is 1. The minimum atomic E-state index is -0.571. The van der Waals surface area contributed by atoms with Crippen LogP contribution in [0, 0.1) is 5.82 Å².